The second-order valence-electron chi connectivity index (χ2n) is 3.88. The van der Waals surface area contributed by atoms with Crippen LogP contribution >= 0.6 is 0 Å². The second kappa shape index (κ2) is 4.23. The van der Waals surface area contributed by atoms with Gasteiger partial charge in [0.05, 0.1) is 12.2 Å². The molecule has 0 bridgehead atoms. The van der Waals surface area contributed by atoms with Gasteiger partial charge in [-0.15, -0.1) is 0 Å². The Morgan fingerprint density at radius 1 is 1.75 bits per heavy atom. The number of rotatable bonds is 2. The van der Waals surface area contributed by atoms with Crippen LogP contribution in [0.15, 0.2) is 17.1 Å². The van der Waals surface area contributed by atoms with Crippen LogP contribution in [0.25, 0.3) is 0 Å². The fourth-order valence-electron chi connectivity index (χ4n) is 1.90. The molecule has 16 heavy (non-hydrogen) atoms. The van der Waals surface area contributed by atoms with Crippen LogP contribution in [0.5, 0.6) is 0 Å². The molecule has 6 nitrogen and oxygen atoms in total. The highest BCUT2D eigenvalue weighted by Gasteiger charge is 2.34. The number of aromatic nitrogens is 2. The number of nitrogen functional groups attached to an aromatic ring is 1. The van der Waals surface area contributed by atoms with Crippen molar-refractivity contribution in [2.75, 3.05) is 5.73 Å². The first-order valence-electron chi connectivity index (χ1n) is 5.30. The van der Waals surface area contributed by atoms with Crippen molar-refractivity contribution in [2.24, 2.45) is 0 Å². The van der Waals surface area contributed by atoms with Gasteiger partial charge < -0.3 is 15.6 Å². The number of hydrogen-bond acceptors (Lipinski definition) is 5. The van der Waals surface area contributed by atoms with E-state index in [1.54, 1.807) is 6.20 Å². The Kier molecular flexibility index (Phi) is 2.93. The summed E-state index contributed by atoms with van der Waals surface area (Å²) < 4.78 is 6.92. The topological polar surface area (TPSA) is 90.4 Å². The fraction of sp³-hybridized carbons (Fsp3) is 0.600. The van der Waals surface area contributed by atoms with Crippen LogP contribution < -0.4 is 11.4 Å². The predicted octanol–water partition coefficient (Wildman–Crippen LogP) is -0.116. The number of aliphatic hydroxyl groups excluding tert-OH is 1. The maximum atomic E-state index is 11.5. The van der Waals surface area contributed by atoms with E-state index in [0.717, 1.165) is 6.42 Å². The van der Waals surface area contributed by atoms with Crippen molar-refractivity contribution in [1.82, 2.24) is 9.55 Å². The van der Waals surface area contributed by atoms with Gasteiger partial charge in [-0.3, -0.25) is 4.57 Å². The van der Waals surface area contributed by atoms with Gasteiger partial charge in [0.25, 0.3) is 0 Å². The molecule has 1 unspecified atom stereocenters. The number of aliphatic hydroxyl groups is 1. The summed E-state index contributed by atoms with van der Waals surface area (Å²) >= 11 is 0. The summed E-state index contributed by atoms with van der Waals surface area (Å²) in [5.74, 6) is 0.187. The molecule has 0 aliphatic carbocycles. The van der Waals surface area contributed by atoms with E-state index in [-0.39, 0.29) is 11.9 Å². The first-order valence-corrected chi connectivity index (χ1v) is 5.30. The molecule has 1 saturated heterocycles. The predicted molar refractivity (Wildman–Crippen MR) is 57.7 cm³/mol. The van der Waals surface area contributed by atoms with Gasteiger partial charge >= 0.3 is 5.69 Å². The second-order valence-corrected chi connectivity index (χ2v) is 3.88. The number of nitrogens with zero attached hydrogens (tertiary/aromatic N) is 2. The van der Waals surface area contributed by atoms with E-state index in [9.17, 15) is 9.90 Å². The van der Waals surface area contributed by atoms with Crippen LogP contribution in [0.2, 0.25) is 0 Å². The van der Waals surface area contributed by atoms with Gasteiger partial charge in [-0.2, -0.15) is 4.98 Å². The van der Waals surface area contributed by atoms with Gasteiger partial charge in [0, 0.05) is 12.6 Å². The van der Waals surface area contributed by atoms with E-state index in [1.807, 2.05) is 6.92 Å². The zero-order valence-electron chi connectivity index (χ0n) is 9.04. The van der Waals surface area contributed by atoms with E-state index in [0.29, 0.717) is 6.42 Å². The summed E-state index contributed by atoms with van der Waals surface area (Å²) in [6.45, 7) is 1.93. The van der Waals surface area contributed by atoms with Crippen molar-refractivity contribution in [2.45, 2.75) is 38.2 Å². The Balaban J connectivity index is 2.23. The Morgan fingerprint density at radius 2 is 2.50 bits per heavy atom. The molecule has 0 spiro atoms. The first-order chi connectivity index (χ1) is 7.61. The van der Waals surface area contributed by atoms with Crippen molar-refractivity contribution < 1.29 is 9.84 Å². The molecular formula is C10H15N3O3. The lowest BCUT2D eigenvalue weighted by Gasteiger charge is -2.14. The lowest BCUT2D eigenvalue weighted by Crippen LogP contribution is -2.27. The monoisotopic (exact) mass is 225 g/mol. The molecule has 0 amide bonds. The SMILES string of the molecule is CC[C@@H]1O[C@H](n2ccc(N)nc2=O)CC1O. The van der Waals surface area contributed by atoms with Gasteiger partial charge in [0.1, 0.15) is 12.0 Å². The molecule has 1 aliphatic rings. The third-order valence-electron chi connectivity index (χ3n) is 2.77. The molecule has 3 N–H and O–H groups in total. The van der Waals surface area contributed by atoms with Gasteiger partial charge in [-0.25, -0.2) is 4.79 Å². The van der Waals surface area contributed by atoms with Crippen LogP contribution in [0.3, 0.4) is 0 Å². The normalized spacial score (nSPS) is 29.5. The Bertz CT molecular complexity index is 432. The molecule has 1 fully saturated rings. The van der Waals surface area contributed by atoms with Crippen LogP contribution in [0.4, 0.5) is 5.82 Å². The fourth-order valence-corrected chi connectivity index (χ4v) is 1.90. The molecule has 3 atom stereocenters. The smallest absolute Gasteiger partial charge is 0.351 e. The molecule has 1 aromatic heterocycles. The maximum Gasteiger partial charge on any atom is 0.351 e. The van der Waals surface area contributed by atoms with Gasteiger partial charge in [0.15, 0.2) is 0 Å². The first kappa shape index (κ1) is 11.1. The molecule has 0 radical (unpaired) electrons. The zero-order valence-corrected chi connectivity index (χ0v) is 9.04. The molecule has 1 aliphatic heterocycles. The van der Waals surface area contributed by atoms with Crippen molar-refractivity contribution >= 4 is 5.82 Å². The molecule has 2 rings (SSSR count). The highest BCUT2D eigenvalue weighted by molar-refractivity contribution is 5.23. The minimum atomic E-state index is -0.528. The summed E-state index contributed by atoms with van der Waals surface area (Å²) in [7, 11) is 0. The average Bonchev–Trinajstić information content (AvgIpc) is 2.59. The van der Waals surface area contributed by atoms with Crippen LogP contribution in [-0.4, -0.2) is 26.9 Å². The summed E-state index contributed by atoms with van der Waals surface area (Å²) in [6, 6.07) is 1.54. The number of nitrogens with two attached hydrogens (primary N) is 1. The molecule has 0 saturated carbocycles. The number of ether oxygens (including phenoxy) is 1. The largest absolute Gasteiger partial charge is 0.390 e. The summed E-state index contributed by atoms with van der Waals surface area (Å²) in [6.07, 6.45) is 1.48. The standard InChI is InChI=1S/C10H15N3O3/c1-2-7-6(14)5-9(16-7)13-4-3-8(11)12-10(13)15/h3-4,6-7,9,14H,2,5H2,1H3,(H2,11,12,15)/t6?,7-,9-/m0/s1. The molecule has 6 heteroatoms. The van der Waals surface area contributed by atoms with Crippen molar-refractivity contribution in [3.63, 3.8) is 0 Å². The Labute approximate surface area is 92.7 Å². The lowest BCUT2D eigenvalue weighted by atomic mass is 10.1. The lowest BCUT2D eigenvalue weighted by molar-refractivity contribution is -0.0216. The summed E-state index contributed by atoms with van der Waals surface area (Å²) in [5, 5.41) is 9.68. The van der Waals surface area contributed by atoms with Crippen molar-refractivity contribution in [1.29, 1.82) is 0 Å². The maximum absolute atomic E-state index is 11.5. The van der Waals surface area contributed by atoms with Gasteiger partial charge in [0.2, 0.25) is 0 Å². The molecule has 88 valence electrons. The van der Waals surface area contributed by atoms with E-state index in [2.05, 4.69) is 4.98 Å². The molecule has 0 aromatic carbocycles. The van der Waals surface area contributed by atoms with Crippen LogP contribution in [-0.2, 0) is 4.74 Å². The average molecular weight is 225 g/mol. The number of hydrogen-bond donors (Lipinski definition) is 2. The van der Waals surface area contributed by atoms with Crippen LogP contribution in [0, 0.1) is 0 Å². The van der Waals surface area contributed by atoms with Crippen LogP contribution in [0.1, 0.15) is 26.0 Å². The van der Waals surface area contributed by atoms with E-state index in [4.69, 9.17) is 10.5 Å². The Hall–Kier alpha value is -1.40. The quantitative estimate of drug-likeness (QED) is 0.732. The van der Waals surface area contributed by atoms with E-state index < -0.39 is 18.0 Å². The van der Waals surface area contributed by atoms with E-state index in [1.165, 1.54) is 10.6 Å². The summed E-state index contributed by atoms with van der Waals surface area (Å²) in [4.78, 5) is 15.2. The third-order valence-corrected chi connectivity index (χ3v) is 2.77. The Morgan fingerprint density at radius 3 is 3.06 bits per heavy atom. The summed E-state index contributed by atoms with van der Waals surface area (Å²) in [5.41, 5.74) is 4.94. The zero-order chi connectivity index (χ0) is 11.7. The highest BCUT2D eigenvalue weighted by Crippen LogP contribution is 2.28. The van der Waals surface area contributed by atoms with E-state index >= 15 is 0 Å². The third kappa shape index (κ3) is 1.94. The highest BCUT2D eigenvalue weighted by atomic mass is 16.5. The molecule has 2 heterocycles. The number of anilines is 1. The minimum absolute atomic E-state index is 0.187. The molecular weight excluding hydrogens is 210 g/mol. The van der Waals surface area contributed by atoms with Gasteiger partial charge in [-0.1, -0.05) is 6.92 Å². The van der Waals surface area contributed by atoms with Gasteiger partial charge in [-0.05, 0) is 12.5 Å². The molecule has 1 aromatic rings. The van der Waals surface area contributed by atoms with Crippen molar-refractivity contribution in [3.05, 3.63) is 22.7 Å². The van der Waals surface area contributed by atoms with Crippen molar-refractivity contribution in [3.8, 4) is 0 Å². The minimum Gasteiger partial charge on any atom is -0.390 e.